The van der Waals surface area contributed by atoms with Crippen LogP contribution in [-0.4, -0.2) is 8.42 Å². The van der Waals surface area contributed by atoms with Crippen LogP contribution in [0, 0.1) is 0 Å². The number of sulfonamides is 1. The van der Waals surface area contributed by atoms with Gasteiger partial charge in [0.25, 0.3) is 10.0 Å². The van der Waals surface area contributed by atoms with Crippen LogP contribution in [0.3, 0.4) is 0 Å². The van der Waals surface area contributed by atoms with E-state index in [4.69, 9.17) is 23.2 Å². The number of hydrogen-bond acceptors (Lipinski definition) is 2. The van der Waals surface area contributed by atoms with Gasteiger partial charge in [0.05, 0.1) is 10.6 Å². The number of anilines is 1. The monoisotopic (exact) mass is 393 g/mol. The van der Waals surface area contributed by atoms with Crippen LogP contribution in [0.5, 0.6) is 0 Å². The second-order valence-electron chi connectivity index (χ2n) is 6.11. The third kappa shape index (κ3) is 3.76. The molecule has 0 heterocycles. The quantitative estimate of drug-likeness (QED) is 0.584. The lowest BCUT2D eigenvalue weighted by molar-refractivity contribution is 0.601. The average molecular weight is 394 g/mol. The van der Waals surface area contributed by atoms with Crippen molar-refractivity contribution in [2.45, 2.75) is 24.7 Å². The van der Waals surface area contributed by atoms with E-state index in [1.54, 1.807) is 48.5 Å². The summed E-state index contributed by atoms with van der Waals surface area (Å²) in [5.41, 5.74) is 1.38. The fourth-order valence-corrected chi connectivity index (χ4v) is 4.25. The molecule has 0 saturated carbocycles. The maximum atomic E-state index is 12.8. The van der Waals surface area contributed by atoms with E-state index < -0.39 is 10.0 Å². The molecule has 6 heteroatoms. The highest BCUT2D eigenvalue weighted by molar-refractivity contribution is 7.92. The number of benzene rings is 3. The molecule has 0 fully saturated rings. The highest BCUT2D eigenvalue weighted by Crippen LogP contribution is 2.30. The Morgan fingerprint density at radius 1 is 0.960 bits per heavy atom. The van der Waals surface area contributed by atoms with Crippen LogP contribution >= 0.6 is 23.2 Å². The van der Waals surface area contributed by atoms with Crippen LogP contribution in [0.2, 0.25) is 10.0 Å². The molecule has 0 aliphatic rings. The minimum atomic E-state index is -3.72. The maximum Gasteiger partial charge on any atom is 0.261 e. The normalized spacial score (nSPS) is 11.9. The van der Waals surface area contributed by atoms with Gasteiger partial charge in [-0.3, -0.25) is 4.72 Å². The van der Waals surface area contributed by atoms with Crippen molar-refractivity contribution in [3.8, 4) is 0 Å². The number of hydrogen-bond donors (Lipinski definition) is 1. The molecule has 0 aliphatic heterocycles. The zero-order valence-electron chi connectivity index (χ0n) is 13.8. The second kappa shape index (κ2) is 6.87. The van der Waals surface area contributed by atoms with Gasteiger partial charge in [0, 0.05) is 15.4 Å². The topological polar surface area (TPSA) is 46.2 Å². The van der Waals surface area contributed by atoms with Gasteiger partial charge in [-0.2, -0.15) is 0 Å². The maximum absolute atomic E-state index is 12.8. The van der Waals surface area contributed by atoms with Gasteiger partial charge in [0.2, 0.25) is 0 Å². The lowest BCUT2D eigenvalue weighted by Gasteiger charge is -2.16. The fourth-order valence-electron chi connectivity index (χ4n) is 2.70. The lowest BCUT2D eigenvalue weighted by Crippen LogP contribution is -2.14. The molecule has 0 atom stereocenters. The first-order valence-corrected chi connectivity index (χ1v) is 10.0. The zero-order chi connectivity index (χ0) is 18.2. The van der Waals surface area contributed by atoms with E-state index in [9.17, 15) is 8.42 Å². The summed E-state index contributed by atoms with van der Waals surface area (Å²) in [4.78, 5) is 0.187. The molecule has 0 saturated heterocycles. The predicted octanol–water partition coefficient (Wildman–Crippen LogP) is 6.07. The van der Waals surface area contributed by atoms with Crippen LogP contribution in [0.25, 0.3) is 10.8 Å². The first kappa shape index (κ1) is 18.1. The summed E-state index contributed by atoms with van der Waals surface area (Å²) < 4.78 is 28.3. The number of rotatable bonds is 4. The first-order valence-electron chi connectivity index (χ1n) is 7.78. The van der Waals surface area contributed by atoms with Gasteiger partial charge in [-0.15, -0.1) is 0 Å². The number of fused-ring (bicyclic) bond motifs is 1. The Hall–Kier alpha value is -1.75. The zero-order valence-corrected chi connectivity index (χ0v) is 16.1. The Morgan fingerprint density at radius 3 is 2.44 bits per heavy atom. The van der Waals surface area contributed by atoms with E-state index in [-0.39, 0.29) is 10.8 Å². The molecule has 0 radical (unpaired) electrons. The molecule has 0 spiro atoms. The van der Waals surface area contributed by atoms with E-state index >= 15 is 0 Å². The summed E-state index contributed by atoms with van der Waals surface area (Å²) in [6.45, 7) is 3.98. The van der Waals surface area contributed by atoms with Crippen molar-refractivity contribution < 1.29 is 8.42 Å². The molecule has 0 bridgehead atoms. The average Bonchev–Trinajstić information content (AvgIpc) is 2.56. The van der Waals surface area contributed by atoms with Crippen molar-refractivity contribution in [1.29, 1.82) is 0 Å². The largest absolute Gasteiger partial charge is 0.279 e. The van der Waals surface area contributed by atoms with Crippen LogP contribution in [0.15, 0.2) is 59.5 Å². The van der Waals surface area contributed by atoms with Crippen molar-refractivity contribution >= 4 is 49.7 Å². The molecule has 0 unspecified atom stereocenters. The van der Waals surface area contributed by atoms with Crippen molar-refractivity contribution in [3.05, 3.63) is 70.2 Å². The van der Waals surface area contributed by atoms with Gasteiger partial charge in [-0.05, 0) is 53.3 Å². The smallest absolute Gasteiger partial charge is 0.261 e. The van der Waals surface area contributed by atoms with E-state index in [1.807, 2.05) is 19.9 Å². The van der Waals surface area contributed by atoms with Crippen molar-refractivity contribution in [3.63, 3.8) is 0 Å². The minimum Gasteiger partial charge on any atom is -0.279 e. The van der Waals surface area contributed by atoms with Crippen molar-refractivity contribution in [2.24, 2.45) is 0 Å². The predicted molar refractivity (Wildman–Crippen MR) is 105 cm³/mol. The Kier molecular flexibility index (Phi) is 4.96. The van der Waals surface area contributed by atoms with Crippen LogP contribution < -0.4 is 4.72 Å². The van der Waals surface area contributed by atoms with E-state index in [0.717, 1.165) is 16.3 Å². The molecule has 3 nitrogen and oxygen atoms in total. The molecule has 0 aromatic heterocycles. The third-order valence-corrected chi connectivity index (χ3v) is 5.92. The second-order valence-corrected chi connectivity index (χ2v) is 8.64. The number of nitrogens with one attached hydrogen (secondary N) is 1. The summed E-state index contributed by atoms with van der Waals surface area (Å²) >= 11 is 12.2. The standard InChI is InChI=1S/C19H17Cl2NO2S/c1-12(2)17-11-14(20)6-9-19(17)22-25(23,24)15-7-8-16-13(10-15)4-3-5-18(16)21/h3-12,22H,1-2H3. The van der Waals surface area contributed by atoms with Gasteiger partial charge in [-0.25, -0.2) is 8.42 Å². The van der Waals surface area contributed by atoms with Crippen LogP contribution in [0.4, 0.5) is 5.69 Å². The van der Waals surface area contributed by atoms with Gasteiger partial charge in [0.15, 0.2) is 0 Å². The lowest BCUT2D eigenvalue weighted by atomic mass is 10.0. The highest BCUT2D eigenvalue weighted by Gasteiger charge is 2.18. The Bertz CT molecular complexity index is 1050. The molecule has 3 aromatic rings. The molecule has 25 heavy (non-hydrogen) atoms. The SMILES string of the molecule is CC(C)c1cc(Cl)ccc1NS(=O)(=O)c1ccc2c(Cl)cccc2c1. The Labute approximate surface area is 157 Å². The van der Waals surface area contributed by atoms with Crippen molar-refractivity contribution in [2.75, 3.05) is 4.72 Å². The van der Waals surface area contributed by atoms with Crippen LogP contribution in [-0.2, 0) is 10.0 Å². The van der Waals surface area contributed by atoms with E-state index in [0.29, 0.717) is 15.7 Å². The van der Waals surface area contributed by atoms with Crippen LogP contribution in [0.1, 0.15) is 25.3 Å². The first-order chi connectivity index (χ1) is 11.8. The Morgan fingerprint density at radius 2 is 1.72 bits per heavy atom. The fraction of sp³-hybridized carbons (Fsp3) is 0.158. The molecular formula is C19H17Cl2NO2S. The molecule has 3 rings (SSSR count). The van der Waals surface area contributed by atoms with Gasteiger partial charge in [-0.1, -0.05) is 55.2 Å². The van der Waals surface area contributed by atoms with Crippen molar-refractivity contribution in [1.82, 2.24) is 0 Å². The molecule has 0 aliphatic carbocycles. The molecular weight excluding hydrogens is 377 g/mol. The molecule has 3 aromatic carbocycles. The molecule has 0 amide bonds. The van der Waals surface area contributed by atoms with Gasteiger partial charge >= 0.3 is 0 Å². The Balaban J connectivity index is 2.03. The van der Waals surface area contributed by atoms with E-state index in [1.165, 1.54) is 0 Å². The summed E-state index contributed by atoms with van der Waals surface area (Å²) in [6, 6.07) is 15.4. The van der Waals surface area contributed by atoms with Gasteiger partial charge in [0.1, 0.15) is 0 Å². The van der Waals surface area contributed by atoms with E-state index in [2.05, 4.69) is 4.72 Å². The summed E-state index contributed by atoms with van der Waals surface area (Å²) in [5, 5.41) is 2.76. The summed E-state index contributed by atoms with van der Waals surface area (Å²) in [6.07, 6.45) is 0. The highest BCUT2D eigenvalue weighted by atomic mass is 35.5. The molecule has 1 N–H and O–H groups in total. The minimum absolute atomic E-state index is 0.131. The summed E-state index contributed by atoms with van der Waals surface area (Å²) in [7, 11) is -3.72. The number of halogens is 2. The van der Waals surface area contributed by atoms with Gasteiger partial charge < -0.3 is 0 Å². The third-order valence-electron chi connectivity index (χ3n) is 3.99. The molecule has 130 valence electrons. The summed E-state index contributed by atoms with van der Waals surface area (Å²) in [5.74, 6) is 0.131.